The van der Waals surface area contributed by atoms with E-state index >= 15 is 0 Å². The molecule has 62 valence electrons. The van der Waals surface area contributed by atoms with E-state index < -0.39 is 11.0 Å². The molecular formula is C6H16N2OS. The van der Waals surface area contributed by atoms with Crippen molar-refractivity contribution in [2.45, 2.75) is 19.9 Å². The molecule has 3 nitrogen and oxygen atoms in total. The SMILES string of the molecule is CC(C)C(CN)NS(C)=O. The normalized spacial score (nSPS) is 17.3. The van der Waals surface area contributed by atoms with Crippen LogP contribution in [0.1, 0.15) is 13.8 Å². The molecule has 4 heteroatoms. The van der Waals surface area contributed by atoms with Crippen molar-refractivity contribution in [2.24, 2.45) is 11.7 Å². The van der Waals surface area contributed by atoms with Gasteiger partial charge in [-0.1, -0.05) is 13.8 Å². The summed E-state index contributed by atoms with van der Waals surface area (Å²) in [6, 6.07) is 0.172. The Kier molecular flexibility index (Phi) is 4.85. The molecule has 0 saturated heterocycles. The van der Waals surface area contributed by atoms with Gasteiger partial charge >= 0.3 is 0 Å². The fourth-order valence-corrected chi connectivity index (χ4v) is 1.46. The highest BCUT2D eigenvalue weighted by Gasteiger charge is 2.10. The Labute approximate surface area is 65.0 Å². The van der Waals surface area contributed by atoms with Crippen LogP contribution in [0.5, 0.6) is 0 Å². The highest BCUT2D eigenvalue weighted by molar-refractivity contribution is 7.82. The van der Waals surface area contributed by atoms with Gasteiger partial charge in [-0.25, -0.2) is 8.93 Å². The van der Waals surface area contributed by atoms with Gasteiger partial charge in [0.05, 0.1) is 11.0 Å². The van der Waals surface area contributed by atoms with E-state index in [-0.39, 0.29) is 6.04 Å². The standard InChI is InChI=1S/C6H16N2OS/c1-5(2)6(4-7)8-10(3)9/h5-6,8H,4,7H2,1-3H3. The molecule has 0 amide bonds. The van der Waals surface area contributed by atoms with Gasteiger partial charge in [-0.05, 0) is 5.92 Å². The van der Waals surface area contributed by atoms with E-state index in [2.05, 4.69) is 18.6 Å². The minimum absolute atomic E-state index is 0.172. The monoisotopic (exact) mass is 164 g/mol. The molecule has 0 fully saturated rings. The van der Waals surface area contributed by atoms with Crippen molar-refractivity contribution in [3.05, 3.63) is 0 Å². The summed E-state index contributed by atoms with van der Waals surface area (Å²) in [5.41, 5.74) is 5.43. The summed E-state index contributed by atoms with van der Waals surface area (Å²) >= 11 is 0. The van der Waals surface area contributed by atoms with E-state index in [0.717, 1.165) is 0 Å². The highest BCUT2D eigenvalue weighted by atomic mass is 32.2. The van der Waals surface area contributed by atoms with Crippen LogP contribution in [0.4, 0.5) is 0 Å². The Morgan fingerprint density at radius 3 is 2.20 bits per heavy atom. The molecule has 0 heterocycles. The van der Waals surface area contributed by atoms with Gasteiger partial charge in [0.1, 0.15) is 0 Å². The van der Waals surface area contributed by atoms with Crippen LogP contribution in [0.3, 0.4) is 0 Å². The van der Waals surface area contributed by atoms with Crippen LogP contribution in [-0.4, -0.2) is 23.1 Å². The maximum absolute atomic E-state index is 10.7. The zero-order valence-corrected chi connectivity index (χ0v) is 7.57. The third kappa shape index (κ3) is 3.98. The number of hydrogen-bond acceptors (Lipinski definition) is 2. The predicted octanol–water partition coefficient (Wildman–Crippen LogP) is -0.147. The molecule has 0 aromatic carbocycles. The van der Waals surface area contributed by atoms with Gasteiger partial charge in [0.15, 0.2) is 0 Å². The number of rotatable bonds is 4. The van der Waals surface area contributed by atoms with E-state index in [9.17, 15) is 4.21 Å². The quantitative estimate of drug-likeness (QED) is 0.607. The molecule has 0 rings (SSSR count). The Morgan fingerprint density at radius 1 is 1.60 bits per heavy atom. The highest BCUT2D eigenvalue weighted by Crippen LogP contribution is 1.98. The van der Waals surface area contributed by atoms with Gasteiger partial charge in [0.25, 0.3) is 0 Å². The number of nitrogens with two attached hydrogens (primary N) is 1. The van der Waals surface area contributed by atoms with Crippen LogP contribution in [0, 0.1) is 5.92 Å². The Balaban J connectivity index is 3.71. The minimum atomic E-state index is -0.946. The Hall–Kier alpha value is 0.0700. The maximum atomic E-state index is 10.7. The molecule has 2 unspecified atom stereocenters. The Morgan fingerprint density at radius 2 is 2.10 bits per heavy atom. The molecule has 0 aliphatic carbocycles. The van der Waals surface area contributed by atoms with E-state index in [1.807, 2.05) is 0 Å². The second-order valence-electron chi connectivity index (χ2n) is 2.66. The third-order valence-corrected chi connectivity index (χ3v) is 2.01. The summed E-state index contributed by atoms with van der Waals surface area (Å²) in [6.45, 7) is 4.64. The van der Waals surface area contributed by atoms with Gasteiger partial charge in [-0.2, -0.15) is 0 Å². The molecule has 0 aromatic rings. The third-order valence-electron chi connectivity index (χ3n) is 1.38. The van der Waals surface area contributed by atoms with Crippen molar-refractivity contribution < 1.29 is 4.21 Å². The van der Waals surface area contributed by atoms with Gasteiger partial charge in [-0.15, -0.1) is 0 Å². The first kappa shape index (κ1) is 10.1. The fraction of sp³-hybridized carbons (Fsp3) is 1.00. The molecular weight excluding hydrogens is 148 g/mol. The lowest BCUT2D eigenvalue weighted by molar-refractivity contribution is 0.469. The first-order chi connectivity index (χ1) is 4.57. The van der Waals surface area contributed by atoms with Crippen molar-refractivity contribution in [2.75, 3.05) is 12.8 Å². The van der Waals surface area contributed by atoms with Crippen LogP contribution < -0.4 is 10.5 Å². The average molecular weight is 164 g/mol. The first-order valence-electron chi connectivity index (χ1n) is 3.37. The lowest BCUT2D eigenvalue weighted by Crippen LogP contribution is -2.40. The van der Waals surface area contributed by atoms with Gasteiger partial charge in [0, 0.05) is 18.8 Å². The number of nitrogens with one attached hydrogen (secondary N) is 1. The zero-order valence-electron chi connectivity index (χ0n) is 6.76. The summed E-state index contributed by atoms with van der Waals surface area (Å²) in [5, 5.41) is 0. The van der Waals surface area contributed by atoms with Crippen LogP contribution in [0.15, 0.2) is 0 Å². The largest absolute Gasteiger partial charge is 0.329 e. The van der Waals surface area contributed by atoms with Crippen LogP contribution in [0.2, 0.25) is 0 Å². The lowest BCUT2D eigenvalue weighted by atomic mass is 10.1. The molecule has 0 aromatic heterocycles. The molecule has 0 bridgehead atoms. The predicted molar refractivity (Wildman–Crippen MR) is 44.9 cm³/mol. The Bertz CT molecular complexity index is 116. The van der Waals surface area contributed by atoms with E-state index in [0.29, 0.717) is 12.5 Å². The van der Waals surface area contributed by atoms with Crippen molar-refractivity contribution in [1.29, 1.82) is 0 Å². The molecule has 0 aliphatic heterocycles. The molecule has 0 spiro atoms. The second-order valence-corrected chi connectivity index (χ2v) is 3.80. The molecule has 3 N–H and O–H groups in total. The first-order valence-corrected chi connectivity index (χ1v) is 4.93. The lowest BCUT2D eigenvalue weighted by Gasteiger charge is -2.18. The molecule has 0 radical (unpaired) electrons. The summed E-state index contributed by atoms with van der Waals surface area (Å²) in [6.07, 6.45) is 1.62. The summed E-state index contributed by atoms with van der Waals surface area (Å²) in [7, 11) is -0.946. The zero-order chi connectivity index (χ0) is 8.15. The van der Waals surface area contributed by atoms with Crippen molar-refractivity contribution in [3.8, 4) is 0 Å². The van der Waals surface area contributed by atoms with E-state index in [1.54, 1.807) is 6.26 Å². The average Bonchev–Trinajstić information content (AvgIpc) is 1.81. The smallest absolute Gasteiger partial charge is 0.0886 e. The maximum Gasteiger partial charge on any atom is 0.0886 e. The summed E-state index contributed by atoms with van der Waals surface area (Å²) in [5.74, 6) is 0.439. The fourth-order valence-electron chi connectivity index (χ4n) is 0.670. The van der Waals surface area contributed by atoms with Crippen molar-refractivity contribution in [3.63, 3.8) is 0 Å². The topological polar surface area (TPSA) is 55.1 Å². The van der Waals surface area contributed by atoms with Crippen molar-refractivity contribution in [1.82, 2.24) is 4.72 Å². The molecule has 0 saturated carbocycles. The van der Waals surface area contributed by atoms with Gasteiger partial charge < -0.3 is 5.73 Å². The van der Waals surface area contributed by atoms with Gasteiger partial charge in [0.2, 0.25) is 0 Å². The summed E-state index contributed by atoms with van der Waals surface area (Å²) < 4.78 is 13.5. The van der Waals surface area contributed by atoms with Crippen LogP contribution >= 0.6 is 0 Å². The second kappa shape index (κ2) is 4.82. The van der Waals surface area contributed by atoms with E-state index in [1.165, 1.54) is 0 Å². The van der Waals surface area contributed by atoms with Crippen LogP contribution in [-0.2, 0) is 11.0 Å². The molecule has 0 aliphatic rings. The number of hydrogen-bond donors (Lipinski definition) is 2. The van der Waals surface area contributed by atoms with E-state index in [4.69, 9.17) is 5.73 Å². The van der Waals surface area contributed by atoms with Crippen molar-refractivity contribution >= 4 is 11.0 Å². The molecule has 2 atom stereocenters. The minimum Gasteiger partial charge on any atom is -0.329 e. The molecule has 10 heavy (non-hydrogen) atoms. The summed E-state index contributed by atoms with van der Waals surface area (Å²) in [4.78, 5) is 0. The van der Waals surface area contributed by atoms with Crippen LogP contribution in [0.25, 0.3) is 0 Å². The van der Waals surface area contributed by atoms with Gasteiger partial charge in [-0.3, -0.25) is 0 Å².